The third-order valence-electron chi connectivity index (χ3n) is 2.68. The zero-order valence-corrected chi connectivity index (χ0v) is 10.2. The highest BCUT2D eigenvalue weighted by Gasteiger charge is 2.17. The van der Waals surface area contributed by atoms with E-state index in [1.54, 1.807) is 6.20 Å². The average Bonchev–Trinajstić information content (AvgIpc) is 2.78. The maximum Gasteiger partial charge on any atom is 0.124 e. The van der Waals surface area contributed by atoms with Crippen molar-refractivity contribution in [3.63, 3.8) is 0 Å². The number of nitrogens with zero attached hydrogens (tertiary/aromatic N) is 1. The van der Waals surface area contributed by atoms with Gasteiger partial charge in [0.2, 0.25) is 0 Å². The van der Waals surface area contributed by atoms with Crippen molar-refractivity contribution in [1.82, 2.24) is 15.6 Å². The smallest absolute Gasteiger partial charge is 0.124 e. The van der Waals surface area contributed by atoms with E-state index in [0.29, 0.717) is 12.4 Å². The molecule has 0 aliphatic carbocycles. The van der Waals surface area contributed by atoms with E-state index in [9.17, 15) is 0 Å². The second kappa shape index (κ2) is 5.52. The average molecular weight is 247 g/mol. The van der Waals surface area contributed by atoms with Crippen molar-refractivity contribution in [2.75, 3.05) is 12.3 Å². The molecule has 0 bridgehead atoms. The third-order valence-corrected chi connectivity index (χ3v) is 2.68. The third kappa shape index (κ3) is 2.44. The summed E-state index contributed by atoms with van der Waals surface area (Å²) in [5.74, 6) is 6.90. The van der Waals surface area contributed by atoms with Gasteiger partial charge in [0.15, 0.2) is 0 Å². The Morgan fingerprint density at radius 3 is 2.94 bits per heavy atom. The molecule has 0 saturated carbocycles. The monoisotopic (exact) mass is 247 g/mol. The number of nitrogens with one attached hydrogen (secondary N) is 2. The molecule has 0 fully saturated rings. The first-order valence-corrected chi connectivity index (χ1v) is 5.74. The quantitative estimate of drug-likeness (QED) is 0.465. The summed E-state index contributed by atoms with van der Waals surface area (Å²) >= 11 is 0. The summed E-state index contributed by atoms with van der Waals surface area (Å²) in [7, 11) is 0. The summed E-state index contributed by atoms with van der Waals surface area (Å²) in [5, 5.41) is 6.59. The fourth-order valence-corrected chi connectivity index (χ4v) is 1.85. The van der Waals surface area contributed by atoms with Crippen molar-refractivity contribution in [3.8, 4) is 5.75 Å². The number of aromatic nitrogens is 2. The second-order valence-electron chi connectivity index (χ2n) is 3.84. The summed E-state index contributed by atoms with van der Waals surface area (Å²) < 4.78 is 5.47. The van der Waals surface area contributed by atoms with E-state index in [1.807, 2.05) is 31.2 Å². The van der Waals surface area contributed by atoms with E-state index >= 15 is 0 Å². The minimum Gasteiger partial charge on any atom is -0.494 e. The van der Waals surface area contributed by atoms with Crippen molar-refractivity contribution in [2.24, 2.45) is 5.84 Å². The molecule has 0 aliphatic rings. The molecule has 6 nitrogen and oxygen atoms in total. The number of ether oxygens (including phenoxy) is 1. The van der Waals surface area contributed by atoms with Gasteiger partial charge in [-0.05, 0) is 24.6 Å². The lowest BCUT2D eigenvalue weighted by Crippen LogP contribution is -2.29. The Kier molecular flexibility index (Phi) is 3.81. The predicted molar refractivity (Wildman–Crippen MR) is 69.8 cm³/mol. The number of nitrogens with two attached hydrogens (primary N) is 2. The number of nitrogen functional groups attached to an aromatic ring is 1. The Labute approximate surface area is 105 Å². The lowest BCUT2D eigenvalue weighted by atomic mass is 10.0. The van der Waals surface area contributed by atoms with Crippen LogP contribution in [0.5, 0.6) is 5.75 Å². The zero-order valence-electron chi connectivity index (χ0n) is 10.2. The number of anilines is 1. The molecular formula is C12H17N5O. The molecule has 1 aromatic carbocycles. The van der Waals surface area contributed by atoms with Gasteiger partial charge in [-0.15, -0.1) is 0 Å². The zero-order chi connectivity index (χ0) is 13.0. The summed E-state index contributed by atoms with van der Waals surface area (Å²) in [6, 6.07) is 7.49. The van der Waals surface area contributed by atoms with E-state index in [1.165, 1.54) is 0 Å². The summed E-state index contributed by atoms with van der Waals surface area (Å²) in [6.45, 7) is 2.57. The first kappa shape index (κ1) is 12.4. The van der Waals surface area contributed by atoms with Gasteiger partial charge in [-0.2, -0.15) is 5.10 Å². The van der Waals surface area contributed by atoms with Crippen molar-refractivity contribution in [1.29, 1.82) is 0 Å². The number of rotatable bonds is 5. The largest absolute Gasteiger partial charge is 0.494 e. The number of hydrogen-bond acceptors (Lipinski definition) is 5. The van der Waals surface area contributed by atoms with E-state index in [2.05, 4.69) is 15.6 Å². The fourth-order valence-electron chi connectivity index (χ4n) is 1.85. The maximum atomic E-state index is 5.81. The van der Waals surface area contributed by atoms with Gasteiger partial charge in [0.05, 0.1) is 18.8 Å². The Bertz CT molecular complexity index is 511. The minimum atomic E-state index is -0.218. The van der Waals surface area contributed by atoms with Crippen LogP contribution in [0, 0.1) is 0 Å². The lowest BCUT2D eigenvalue weighted by Gasteiger charge is -2.16. The van der Waals surface area contributed by atoms with Gasteiger partial charge in [0.25, 0.3) is 0 Å². The van der Waals surface area contributed by atoms with Gasteiger partial charge in [0.1, 0.15) is 11.6 Å². The molecule has 6 N–H and O–H groups in total. The van der Waals surface area contributed by atoms with Crippen molar-refractivity contribution >= 4 is 5.82 Å². The topological polar surface area (TPSA) is 102 Å². The van der Waals surface area contributed by atoms with E-state index < -0.39 is 0 Å². The van der Waals surface area contributed by atoms with Crippen LogP contribution in [-0.2, 0) is 0 Å². The van der Waals surface area contributed by atoms with Gasteiger partial charge in [-0.25, -0.2) is 5.43 Å². The molecule has 1 heterocycles. The highest BCUT2D eigenvalue weighted by atomic mass is 16.5. The first-order valence-electron chi connectivity index (χ1n) is 5.74. The van der Waals surface area contributed by atoms with E-state index in [4.69, 9.17) is 16.3 Å². The Morgan fingerprint density at radius 1 is 1.50 bits per heavy atom. The van der Waals surface area contributed by atoms with E-state index in [-0.39, 0.29) is 6.04 Å². The number of hydrazine groups is 1. The number of benzene rings is 1. The molecule has 0 aliphatic heterocycles. The van der Waals surface area contributed by atoms with Crippen LogP contribution in [0.2, 0.25) is 0 Å². The molecular weight excluding hydrogens is 230 g/mol. The van der Waals surface area contributed by atoms with Crippen LogP contribution < -0.4 is 21.7 Å². The van der Waals surface area contributed by atoms with Crippen LogP contribution in [0.15, 0.2) is 30.5 Å². The molecule has 1 unspecified atom stereocenters. The molecule has 0 radical (unpaired) electrons. The Hall–Kier alpha value is -2.05. The van der Waals surface area contributed by atoms with Crippen LogP contribution in [0.25, 0.3) is 0 Å². The van der Waals surface area contributed by atoms with Crippen LogP contribution in [-0.4, -0.2) is 16.8 Å². The Morgan fingerprint density at radius 2 is 2.33 bits per heavy atom. The molecule has 0 spiro atoms. The van der Waals surface area contributed by atoms with Crippen LogP contribution in [0.1, 0.15) is 24.1 Å². The standard InChI is InChI=1S/C12H17N5O/c1-2-18-9-5-3-4-8(6-9)11(16-14)10-7-15-17-12(10)13/h3-7,11,16H,2,14H2,1H3,(H3,13,15,17). The molecule has 6 heteroatoms. The number of H-pyrrole nitrogens is 1. The van der Waals surface area contributed by atoms with Crippen LogP contribution in [0.4, 0.5) is 5.82 Å². The fraction of sp³-hybridized carbons (Fsp3) is 0.250. The molecule has 96 valence electrons. The van der Waals surface area contributed by atoms with Gasteiger partial charge >= 0.3 is 0 Å². The second-order valence-corrected chi connectivity index (χ2v) is 3.84. The Balaban J connectivity index is 2.33. The SMILES string of the molecule is CCOc1cccc(C(NN)c2cn[nH]c2N)c1. The van der Waals surface area contributed by atoms with Gasteiger partial charge < -0.3 is 10.5 Å². The predicted octanol–water partition coefficient (Wildman–Crippen LogP) is 0.943. The van der Waals surface area contributed by atoms with Crippen molar-refractivity contribution < 1.29 is 4.74 Å². The molecule has 18 heavy (non-hydrogen) atoms. The van der Waals surface area contributed by atoms with Gasteiger partial charge in [-0.3, -0.25) is 10.9 Å². The molecule has 0 saturated heterocycles. The van der Waals surface area contributed by atoms with E-state index in [0.717, 1.165) is 16.9 Å². The first-order chi connectivity index (χ1) is 8.76. The number of aromatic amines is 1. The normalized spacial score (nSPS) is 12.3. The molecule has 2 rings (SSSR count). The van der Waals surface area contributed by atoms with Crippen LogP contribution >= 0.6 is 0 Å². The molecule has 2 aromatic rings. The highest BCUT2D eigenvalue weighted by molar-refractivity contribution is 5.45. The summed E-state index contributed by atoms with van der Waals surface area (Å²) in [6.07, 6.45) is 1.66. The summed E-state index contributed by atoms with van der Waals surface area (Å²) in [4.78, 5) is 0. The minimum absolute atomic E-state index is 0.218. The molecule has 1 atom stereocenters. The van der Waals surface area contributed by atoms with Crippen molar-refractivity contribution in [2.45, 2.75) is 13.0 Å². The highest BCUT2D eigenvalue weighted by Crippen LogP contribution is 2.26. The van der Waals surface area contributed by atoms with Crippen LogP contribution in [0.3, 0.4) is 0 Å². The summed E-state index contributed by atoms with van der Waals surface area (Å²) in [5.41, 5.74) is 10.3. The molecule has 1 aromatic heterocycles. The van der Waals surface area contributed by atoms with Gasteiger partial charge in [0, 0.05) is 5.56 Å². The number of hydrogen-bond donors (Lipinski definition) is 4. The maximum absolute atomic E-state index is 5.81. The molecule has 0 amide bonds. The van der Waals surface area contributed by atoms with Crippen molar-refractivity contribution in [3.05, 3.63) is 41.6 Å². The lowest BCUT2D eigenvalue weighted by molar-refractivity contribution is 0.339. The van der Waals surface area contributed by atoms with Gasteiger partial charge in [-0.1, -0.05) is 12.1 Å².